The van der Waals surface area contributed by atoms with E-state index in [9.17, 15) is 13.2 Å². The van der Waals surface area contributed by atoms with Gasteiger partial charge < -0.3 is 0 Å². The summed E-state index contributed by atoms with van der Waals surface area (Å²) in [4.78, 5) is 12.5. The van der Waals surface area contributed by atoms with Gasteiger partial charge in [0.1, 0.15) is 0 Å². The summed E-state index contributed by atoms with van der Waals surface area (Å²) >= 11 is 0. The molecule has 0 aliphatic carbocycles. The Labute approximate surface area is 119 Å². The monoisotopic (exact) mass is 288 g/mol. The first-order chi connectivity index (χ1) is 9.51. The van der Waals surface area contributed by atoms with Gasteiger partial charge in [-0.05, 0) is 31.2 Å². The molecule has 1 aliphatic rings. The van der Waals surface area contributed by atoms with Crippen LogP contribution >= 0.6 is 0 Å². The molecule has 104 valence electrons. The van der Waals surface area contributed by atoms with Crippen LogP contribution in [-0.4, -0.2) is 14.2 Å². The molecule has 0 radical (unpaired) electrons. The topological polar surface area (TPSA) is 51.2 Å². The Balaban J connectivity index is 0.000000704. The molecule has 3 rings (SSSR count). The highest BCUT2D eigenvalue weighted by atomic mass is 32.2. The van der Waals surface area contributed by atoms with Gasteiger partial charge in [0, 0.05) is 11.1 Å². The maximum absolute atomic E-state index is 12.4. The number of fused-ring (bicyclic) bond motifs is 2. The third-order valence-electron chi connectivity index (χ3n) is 3.09. The van der Waals surface area contributed by atoms with Crippen LogP contribution in [0.1, 0.15) is 35.3 Å². The lowest BCUT2D eigenvalue weighted by Crippen LogP contribution is -2.20. The van der Waals surface area contributed by atoms with E-state index in [0.29, 0.717) is 0 Å². The molecule has 0 saturated carbocycles. The highest BCUT2D eigenvalue weighted by Gasteiger charge is 2.34. The van der Waals surface area contributed by atoms with E-state index in [2.05, 4.69) is 0 Å². The molecule has 20 heavy (non-hydrogen) atoms. The fraction of sp³-hybridized carbons (Fsp3) is 0.188. The van der Waals surface area contributed by atoms with E-state index >= 15 is 0 Å². The normalized spacial score (nSPS) is 14.7. The summed E-state index contributed by atoms with van der Waals surface area (Å²) in [5.41, 5.74) is 1.40. The number of sulfone groups is 1. The van der Waals surface area contributed by atoms with Crippen LogP contribution in [0.3, 0.4) is 0 Å². The van der Waals surface area contributed by atoms with E-state index in [1.165, 1.54) is 12.1 Å². The van der Waals surface area contributed by atoms with Gasteiger partial charge in [-0.1, -0.05) is 37.6 Å². The van der Waals surface area contributed by atoms with Crippen molar-refractivity contribution >= 4 is 15.6 Å². The third kappa shape index (κ3) is 2.06. The first-order valence-electron chi connectivity index (χ1n) is 6.51. The Morgan fingerprint density at radius 2 is 1.45 bits per heavy atom. The van der Waals surface area contributed by atoms with E-state index in [1.807, 2.05) is 20.8 Å². The Morgan fingerprint density at radius 1 is 0.850 bits per heavy atom. The molecule has 0 aromatic heterocycles. The molecule has 0 bridgehead atoms. The van der Waals surface area contributed by atoms with Gasteiger partial charge >= 0.3 is 0 Å². The van der Waals surface area contributed by atoms with Crippen molar-refractivity contribution in [2.45, 2.75) is 30.6 Å². The predicted octanol–water partition coefficient (Wildman–Crippen LogP) is 3.40. The van der Waals surface area contributed by atoms with Crippen LogP contribution < -0.4 is 0 Å². The average Bonchev–Trinajstić information content (AvgIpc) is 2.47. The van der Waals surface area contributed by atoms with E-state index in [4.69, 9.17) is 0 Å². The molecule has 1 heterocycles. The maximum Gasteiger partial charge on any atom is 0.208 e. The molecule has 0 spiro atoms. The smallest absolute Gasteiger partial charge is 0.208 e. The van der Waals surface area contributed by atoms with Crippen molar-refractivity contribution in [1.29, 1.82) is 0 Å². The Morgan fingerprint density at radius 3 is 2.15 bits per heavy atom. The van der Waals surface area contributed by atoms with E-state index in [-0.39, 0.29) is 26.7 Å². The summed E-state index contributed by atoms with van der Waals surface area (Å²) in [5.74, 6) is -0.223. The van der Waals surface area contributed by atoms with Gasteiger partial charge in [0.2, 0.25) is 9.84 Å². The molecular formula is C16H16O3S. The second-order valence-electron chi connectivity index (χ2n) is 4.33. The molecule has 4 heteroatoms. The highest BCUT2D eigenvalue weighted by molar-refractivity contribution is 7.91. The van der Waals surface area contributed by atoms with Crippen LogP contribution in [0.5, 0.6) is 0 Å². The Hall–Kier alpha value is -1.94. The zero-order valence-corrected chi connectivity index (χ0v) is 12.5. The van der Waals surface area contributed by atoms with E-state index < -0.39 is 9.84 Å². The van der Waals surface area contributed by atoms with Gasteiger partial charge in [-0.25, -0.2) is 8.42 Å². The number of hydrogen-bond acceptors (Lipinski definition) is 3. The largest absolute Gasteiger partial charge is 0.289 e. The molecule has 0 N–H and O–H groups in total. The van der Waals surface area contributed by atoms with Crippen molar-refractivity contribution in [3.05, 3.63) is 59.2 Å². The molecule has 0 amide bonds. The number of rotatable bonds is 0. The van der Waals surface area contributed by atoms with Crippen LogP contribution in [0.15, 0.2) is 52.3 Å². The molecule has 0 saturated heterocycles. The lowest BCUT2D eigenvalue weighted by molar-refractivity contribution is 0.103. The number of carbonyl (C=O) groups is 1. The molecule has 0 fully saturated rings. The Kier molecular flexibility index (Phi) is 3.77. The van der Waals surface area contributed by atoms with Crippen molar-refractivity contribution in [2.75, 3.05) is 0 Å². The van der Waals surface area contributed by atoms with Gasteiger partial charge in [0.15, 0.2) is 5.78 Å². The average molecular weight is 288 g/mol. The SMILES string of the molecule is CC.Cc1ccc2c(c1)C(=O)c1ccccc1S2(=O)=O. The molecule has 0 unspecified atom stereocenters. The Bertz CT molecular complexity index is 774. The van der Waals surface area contributed by atoms with Crippen LogP contribution in [-0.2, 0) is 9.84 Å². The molecular weight excluding hydrogens is 272 g/mol. The molecule has 0 atom stereocenters. The summed E-state index contributed by atoms with van der Waals surface area (Å²) in [6.07, 6.45) is 0. The first kappa shape index (κ1) is 14.5. The summed E-state index contributed by atoms with van der Waals surface area (Å²) in [6.45, 7) is 5.83. The number of benzene rings is 2. The number of hydrogen-bond donors (Lipinski definition) is 0. The van der Waals surface area contributed by atoms with E-state index in [1.54, 1.807) is 30.3 Å². The fourth-order valence-electron chi connectivity index (χ4n) is 2.21. The van der Waals surface area contributed by atoms with Crippen LogP contribution in [0.25, 0.3) is 0 Å². The van der Waals surface area contributed by atoms with Crippen molar-refractivity contribution < 1.29 is 13.2 Å². The highest BCUT2D eigenvalue weighted by Crippen LogP contribution is 2.34. The van der Waals surface area contributed by atoms with E-state index in [0.717, 1.165) is 5.56 Å². The minimum Gasteiger partial charge on any atom is -0.289 e. The van der Waals surface area contributed by atoms with Gasteiger partial charge in [0.25, 0.3) is 0 Å². The standard InChI is InChI=1S/C14H10O3S.C2H6/c1-9-6-7-13-11(8-9)14(15)10-4-2-3-5-12(10)18(13,16)17;1-2/h2-8H,1H3;1-2H3. The maximum atomic E-state index is 12.4. The van der Waals surface area contributed by atoms with Crippen molar-refractivity contribution in [1.82, 2.24) is 0 Å². The number of ketones is 1. The molecule has 2 aromatic rings. The van der Waals surface area contributed by atoms with Crippen molar-refractivity contribution in [3.8, 4) is 0 Å². The van der Waals surface area contributed by atoms with Gasteiger partial charge in [-0.2, -0.15) is 0 Å². The molecule has 2 aromatic carbocycles. The molecule has 3 nitrogen and oxygen atoms in total. The second kappa shape index (κ2) is 5.21. The van der Waals surface area contributed by atoms with Crippen molar-refractivity contribution in [2.24, 2.45) is 0 Å². The first-order valence-corrected chi connectivity index (χ1v) is 7.99. The fourth-order valence-corrected chi connectivity index (χ4v) is 3.84. The quantitative estimate of drug-likeness (QED) is 0.637. The summed E-state index contributed by atoms with van der Waals surface area (Å²) in [6, 6.07) is 11.2. The van der Waals surface area contributed by atoms with Gasteiger partial charge in [0.05, 0.1) is 9.79 Å². The summed E-state index contributed by atoms with van der Waals surface area (Å²) in [7, 11) is -3.57. The zero-order valence-electron chi connectivity index (χ0n) is 11.7. The van der Waals surface area contributed by atoms with Gasteiger partial charge in [-0.15, -0.1) is 0 Å². The predicted molar refractivity (Wildman–Crippen MR) is 77.9 cm³/mol. The van der Waals surface area contributed by atoms with Crippen LogP contribution in [0, 0.1) is 6.92 Å². The minimum absolute atomic E-state index is 0.103. The molecule has 1 aliphatic heterocycles. The van der Waals surface area contributed by atoms with Crippen LogP contribution in [0.2, 0.25) is 0 Å². The minimum atomic E-state index is -3.57. The van der Waals surface area contributed by atoms with Crippen LogP contribution in [0.4, 0.5) is 0 Å². The number of aryl methyl sites for hydroxylation is 1. The lowest BCUT2D eigenvalue weighted by atomic mass is 10.0. The second-order valence-corrected chi connectivity index (χ2v) is 6.21. The number of carbonyl (C=O) groups excluding carboxylic acids is 1. The lowest BCUT2D eigenvalue weighted by Gasteiger charge is -2.18. The van der Waals surface area contributed by atoms with Crippen molar-refractivity contribution in [3.63, 3.8) is 0 Å². The van der Waals surface area contributed by atoms with Gasteiger partial charge in [-0.3, -0.25) is 4.79 Å². The summed E-state index contributed by atoms with van der Waals surface area (Å²) in [5, 5.41) is 0. The summed E-state index contributed by atoms with van der Waals surface area (Å²) < 4.78 is 24.8. The zero-order chi connectivity index (χ0) is 14.9. The third-order valence-corrected chi connectivity index (χ3v) is 4.96.